The van der Waals surface area contributed by atoms with Gasteiger partial charge in [-0.3, -0.25) is 10.1 Å². The molecular weight excluding hydrogens is 460 g/mol. The Bertz CT molecular complexity index is 1160. The molecule has 0 bridgehead atoms. The molecule has 1 fully saturated rings. The molecular formula is C23H26N4O4S2. The minimum absolute atomic E-state index is 0.0148. The Morgan fingerprint density at radius 2 is 1.67 bits per heavy atom. The number of nitrogens with zero attached hydrogens (tertiary/aromatic N) is 3. The molecule has 0 spiro atoms. The van der Waals surface area contributed by atoms with E-state index in [0.717, 1.165) is 36.3 Å². The van der Waals surface area contributed by atoms with E-state index in [1.807, 2.05) is 30.3 Å². The number of benzene rings is 2. The number of carbonyl (C=O) groups excluding carboxylic acids is 1. The number of hydrogen-bond donors (Lipinski definition) is 1. The van der Waals surface area contributed by atoms with Crippen molar-refractivity contribution in [1.82, 2.24) is 14.5 Å². The van der Waals surface area contributed by atoms with Gasteiger partial charge in [-0.1, -0.05) is 36.1 Å². The monoisotopic (exact) mass is 486 g/mol. The van der Waals surface area contributed by atoms with Gasteiger partial charge in [0.1, 0.15) is 0 Å². The van der Waals surface area contributed by atoms with Gasteiger partial charge < -0.3 is 4.42 Å². The first-order valence-electron chi connectivity index (χ1n) is 10.9. The van der Waals surface area contributed by atoms with E-state index in [1.54, 1.807) is 11.8 Å². The summed E-state index contributed by atoms with van der Waals surface area (Å²) in [6.07, 6.45) is 4.42. The van der Waals surface area contributed by atoms with E-state index in [-0.39, 0.29) is 10.9 Å². The summed E-state index contributed by atoms with van der Waals surface area (Å²) in [5.41, 5.74) is 0.309. The maximum absolute atomic E-state index is 12.9. The summed E-state index contributed by atoms with van der Waals surface area (Å²) < 4.78 is 32.8. The molecule has 0 saturated carbocycles. The van der Waals surface area contributed by atoms with Crippen molar-refractivity contribution in [1.29, 1.82) is 0 Å². The Kier molecular flexibility index (Phi) is 7.79. The number of hydrogen-bond acceptors (Lipinski definition) is 7. The molecule has 33 heavy (non-hydrogen) atoms. The second kappa shape index (κ2) is 11.0. The van der Waals surface area contributed by atoms with Crippen LogP contribution in [0.3, 0.4) is 0 Å². The van der Waals surface area contributed by atoms with Crippen LogP contribution in [0.4, 0.5) is 6.01 Å². The molecule has 0 radical (unpaired) electrons. The van der Waals surface area contributed by atoms with Crippen molar-refractivity contribution in [2.45, 2.75) is 41.9 Å². The topological polar surface area (TPSA) is 105 Å². The van der Waals surface area contributed by atoms with Crippen molar-refractivity contribution in [3.63, 3.8) is 0 Å². The van der Waals surface area contributed by atoms with Crippen LogP contribution in [0.2, 0.25) is 0 Å². The van der Waals surface area contributed by atoms with Gasteiger partial charge in [0.25, 0.3) is 5.91 Å². The lowest BCUT2D eigenvalue weighted by molar-refractivity contribution is 0.102. The molecule has 1 aromatic heterocycles. The highest BCUT2D eigenvalue weighted by Gasteiger charge is 2.25. The smallest absolute Gasteiger partial charge is 0.322 e. The van der Waals surface area contributed by atoms with E-state index in [4.69, 9.17) is 4.42 Å². The first-order valence-corrected chi connectivity index (χ1v) is 13.4. The van der Waals surface area contributed by atoms with Crippen molar-refractivity contribution in [2.24, 2.45) is 0 Å². The average Bonchev–Trinajstić information content (AvgIpc) is 3.08. The van der Waals surface area contributed by atoms with Gasteiger partial charge in [-0.2, -0.15) is 4.31 Å². The van der Waals surface area contributed by atoms with Crippen molar-refractivity contribution in [3.8, 4) is 0 Å². The SMILES string of the molecule is O=C(Nc1nnc(CCSc2ccccc2)o1)c1ccc(S(=O)(=O)N2CCCCCC2)cc1. The molecule has 174 valence electrons. The lowest BCUT2D eigenvalue weighted by Gasteiger charge is -2.19. The number of nitrogens with one attached hydrogen (secondary N) is 1. The van der Waals surface area contributed by atoms with Crippen LogP contribution in [0, 0.1) is 0 Å². The summed E-state index contributed by atoms with van der Waals surface area (Å²) in [6.45, 7) is 1.07. The number of sulfonamides is 1. The Morgan fingerprint density at radius 1 is 0.970 bits per heavy atom. The highest BCUT2D eigenvalue weighted by molar-refractivity contribution is 7.99. The zero-order valence-electron chi connectivity index (χ0n) is 18.1. The quantitative estimate of drug-likeness (QED) is 0.475. The number of aryl methyl sites for hydroxylation is 1. The summed E-state index contributed by atoms with van der Waals surface area (Å²) in [6, 6.07) is 16.0. The van der Waals surface area contributed by atoms with Crippen molar-refractivity contribution in [2.75, 3.05) is 24.2 Å². The zero-order valence-corrected chi connectivity index (χ0v) is 19.8. The third-order valence-corrected chi connectivity index (χ3v) is 8.26. The number of aromatic nitrogens is 2. The van der Waals surface area contributed by atoms with Crippen LogP contribution >= 0.6 is 11.8 Å². The van der Waals surface area contributed by atoms with Crippen LogP contribution in [0.1, 0.15) is 41.9 Å². The fraction of sp³-hybridized carbons (Fsp3) is 0.348. The maximum atomic E-state index is 12.9. The summed E-state index contributed by atoms with van der Waals surface area (Å²) in [5.74, 6) is 0.766. The van der Waals surface area contributed by atoms with Gasteiger partial charge in [-0.15, -0.1) is 16.9 Å². The van der Waals surface area contributed by atoms with Gasteiger partial charge in [0.15, 0.2) is 0 Å². The summed E-state index contributed by atoms with van der Waals surface area (Å²) in [7, 11) is -3.55. The molecule has 2 aromatic carbocycles. The first-order chi connectivity index (χ1) is 16.0. The molecule has 0 atom stereocenters. The van der Waals surface area contributed by atoms with Crippen molar-refractivity contribution >= 4 is 33.7 Å². The van der Waals surface area contributed by atoms with Crippen LogP contribution < -0.4 is 5.32 Å². The summed E-state index contributed by atoms with van der Waals surface area (Å²) in [4.78, 5) is 13.9. The molecule has 2 heterocycles. The largest absolute Gasteiger partial charge is 0.408 e. The number of amides is 1. The molecule has 1 N–H and O–H groups in total. The molecule has 0 aliphatic carbocycles. The highest BCUT2D eigenvalue weighted by Crippen LogP contribution is 2.21. The summed E-state index contributed by atoms with van der Waals surface area (Å²) in [5, 5.41) is 10.4. The minimum Gasteiger partial charge on any atom is -0.408 e. The van der Waals surface area contributed by atoms with E-state index in [1.165, 1.54) is 28.6 Å². The first kappa shape index (κ1) is 23.5. The Hall–Kier alpha value is -2.69. The van der Waals surface area contributed by atoms with Crippen LogP contribution in [0.15, 0.2) is 68.8 Å². The maximum Gasteiger partial charge on any atom is 0.322 e. The molecule has 1 aliphatic heterocycles. The molecule has 8 nitrogen and oxygen atoms in total. The summed E-state index contributed by atoms with van der Waals surface area (Å²) >= 11 is 1.68. The predicted octanol–water partition coefficient (Wildman–Crippen LogP) is 4.22. The van der Waals surface area contributed by atoms with Gasteiger partial charge in [0.05, 0.1) is 4.90 Å². The molecule has 1 aliphatic rings. The van der Waals surface area contributed by atoms with Gasteiger partial charge >= 0.3 is 6.01 Å². The third kappa shape index (κ3) is 6.21. The third-order valence-electron chi connectivity index (χ3n) is 5.33. The van der Waals surface area contributed by atoms with E-state index in [9.17, 15) is 13.2 Å². The van der Waals surface area contributed by atoms with E-state index >= 15 is 0 Å². The number of carbonyl (C=O) groups is 1. The van der Waals surface area contributed by atoms with Gasteiger partial charge in [-0.05, 0) is 49.2 Å². The molecule has 0 unspecified atom stereocenters. The minimum atomic E-state index is -3.55. The zero-order chi connectivity index (χ0) is 23.1. The second-order valence-electron chi connectivity index (χ2n) is 7.71. The molecule has 3 aromatic rings. The standard InChI is InChI=1S/C23H26N4O4S2/c28-22(24-23-26-25-21(31-23)14-17-32-19-8-4-3-5-9-19)18-10-12-20(13-11-18)33(29,30)27-15-6-1-2-7-16-27/h3-5,8-13H,1-2,6-7,14-17H2,(H,24,26,28). The fourth-order valence-electron chi connectivity index (χ4n) is 3.56. The van der Waals surface area contributed by atoms with E-state index in [0.29, 0.717) is 31.0 Å². The lowest BCUT2D eigenvalue weighted by Crippen LogP contribution is -2.31. The van der Waals surface area contributed by atoms with E-state index in [2.05, 4.69) is 15.5 Å². The molecule has 10 heteroatoms. The van der Waals surface area contributed by atoms with Crippen LogP contribution in [-0.4, -0.2) is 47.7 Å². The molecule has 1 saturated heterocycles. The van der Waals surface area contributed by atoms with Crippen LogP contribution in [0.5, 0.6) is 0 Å². The Labute approximate surface area is 197 Å². The highest BCUT2D eigenvalue weighted by atomic mass is 32.2. The van der Waals surface area contributed by atoms with Gasteiger partial charge in [0.2, 0.25) is 15.9 Å². The van der Waals surface area contributed by atoms with Crippen molar-refractivity contribution in [3.05, 3.63) is 66.1 Å². The number of anilines is 1. The molecule has 1 amide bonds. The van der Waals surface area contributed by atoms with E-state index < -0.39 is 15.9 Å². The number of thioether (sulfide) groups is 1. The average molecular weight is 487 g/mol. The number of rotatable bonds is 8. The fourth-order valence-corrected chi connectivity index (χ4v) is 5.94. The van der Waals surface area contributed by atoms with Crippen LogP contribution in [-0.2, 0) is 16.4 Å². The Morgan fingerprint density at radius 3 is 2.36 bits per heavy atom. The van der Waals surface area contributed by atoms with Gasteiger partial charge in [-0.25, -0.2) is 8.42 Å². The Balaban J connectivity index is 1.32. The van der Waals surface area contributed by atoms with Crippen molar-refractivity contribution < 1.29 is 17.6 Å². The van der Waals surface area contributed by atoms with Gasteiger partial charge in [0, 0.05) is 35.7 Å². The predicted molar refractivity (Wildman–Crippen MR) is 127 cm³/mol. The second-order valence-corrected chi connectivity index (χ2v) is 10.8. The lowest BCUT2D eigenvalue weighted by atomic mass is 10.2. The normalized spacial score (nSPS) is 15.2. The molecule has 4 rings (SSSR count). The van der Waals surface area contributed by atoms with Crippen LogP contribution in [0.25, 0.3) is 0 Å².